The number of carbonyl (C=O) groups excluding carboxylic acids is 1. The number of ether oxygens (including phenoxy) is 2. The lowest BCUT2D eigenvalue weighted by Gasteiger charge is -2.06. The first-order valence-electron chi connectivity index (χ1n) is 6.96. The Morgan fingerprint density at radius 1 is 1.35 bits per heavy atom. The Morgan fingerprint density at radius 2 is 2.17 bits per heavy atom. The van der Waals surface area contributed by atoms with Crippen molar-refractivity contribution in [3.8, 4) is 11.5 Å². The van der Waals surface area contributed by atoms with E-state index in [0.717, 1.165) is 5.56 Å². The van der Waals surface area contributed by atoms with Crippen LogP contribution in [0.2, 0.25) is 0 Å². The number of rotatable bonds is 5. The van der Waals surface area contributed by atoms with Crippen LogP contribution >= 0.6 is 11.8 Å². The predicted octanol–water partition coefficient (Wildman–Crippen LogP) is 1.22. The quantitative estimate of drug-likeness (QED) is 0.631. The van der Waals surface area contributed by atoms with Crippen molar-refractivity contribution < 1.29 is 14.3 Å². The number of amides is 1. The van der Waals surface area contributed by atoms with E-state index in [1.54, 1.807) is 13.0 Å². The summed E-state index contributed by atoms with van der Waals surface area (Å²) in [5.74, 6) is 1.47. The summed E-state index contributed by atoms with van der Waals surface area (Å²) in [6.07, 6.45) is 0. The Bertz CT molecular complexity index is 791. The summed E-state index contributed by atoms with van der Waals surface area (Å²) in [4.78, 5) is 29.5. The van der Waals surface area contributed by atoms with Gasteiger partial charge < -0.3 is 19.8 Å². The third-order valence-corrected chi connectivity index (χ3v) is 4.05. The molecule has 3 rings (SSSR count). The smallest absolute Gasteiger partial charge is 0.346 e. The van der Waals surface area contributed by atoms with E-state index in [9.17, 15) is 9.59 Å². The van der Waals surface area contributed by atoms with E-state index in [1.165, 1.54) is 11.8 Å². The van der Waals surface area contributed by atoms with E-state index in [0.29, 0.717) is 28.8 Å². The Balaban J connectivity index is 1.50. The first-order valence-corrected chi connectivity index (χ1v) is 7.95. The van der Waals surface area contributed by atoms with Crippen molar-refractivity contribution in [2.45, 2.75) is 18.5 Å². The molecule has 8 heteroatoms. The number of hydrogen-bond donors (Lipinski definition) is 2. The maximum absolute atomic E-state index is 11.9. The van der Waals surface area contributed by atoms with Crippen molar-refractivity contribution >= 4 is 17.7 Å². The number of hydrogen-bond acceptors (Lipinski definition) is 6. The van der Waals surface area contributed by atoms with Crippen molar-refractivity contribution in [2.75, 3.05) is 12.5 Å². The summed E-state index contributed by atoms with van der Waals surface area (Å²) in [6.45, 7) is 2.40. The maximum Gasteiger partial charge on any atom is 0.346 e. The topological polar surface area (TPSA) is 93.3 Å². The van der Waals surface area contributed by atoms with Gasteiger partial charge >= 0.3 is 5.69 Å². The number of aromatic amines is 1. The molecule has 1 aliphatic rings. The molecular formula is C15H15N3O4S. The van der Waals surface area contributed by atoms with Crippen LogP contribution in [0, 0.1) is 6.92 Å². The number of H-pyrrole nitrogens is 1. The molecule has 120 valence electrons. The van der Waals surface area contributed by atoms with Crippen LogP contribution in [0.15, 0.2) is 34.1 Å². The highest BCUT2D eigenvalue weighted by Gasteiger charge is 2.13. The SMILES string of the molecule is Cc1cc(SCC(=O)NCc2ccc3c(c2)OCO3)nc(=O)[nH]1. The van der Waals surface area contributed by atoms with Crippen LogP contribution in [0.1, 0.15) is 11.3 Å². The monoisotopic (exact) mass is 333 g/mol. The minimum atomic E-state index is -0.409. The van der Waals surface area contributed by atoms with Crippen molar-refractivity contribution in [3.05, 3.63) is 46.0 Å². The van der Waals surface area contributed by atoms with Crippen LogP contribution in [0.3, 0.4) is 0 Å². The number of nitrogens with zero attached hydrogens (tertiary/aromatic N) is 1. The van der Waals surface area contributed by atoms with Gasteiger partial charge in [0.25, 0.3) is 0 Å². The van der Waals surface area contributed by atoms with Crippen LogP contribution in [0.5, 0.6) is 11.5 Å². The number of fused-ring (bicyclic) bond motifs is 1. The molecule has 1 aromatic heterocycles. The lowest BCUT2D eigenvalue weighted by molar-refractivity contribution is -0.118. The van der Waals surface area contributed by atoms with E-state index in [2.05, 4.69) is 15.3 Å². The molecule has 2 heterocycles. The van der Waals surface area contributed by atoms with Gasteiger partial charge in [-0.2, -0.15) is 4.98 Å². The Kier molecular flexibility index (Phi) is 4.52. The van der Waals surface area contributed by atoms with Crippen molar-refractivity contribution in [1.82, 2.24) is 15.3 Å². The molecule has 1 aliphatic heterocycles. The zero-order chi connectivity index (χ0) is 16.2. The molecule has 2 aromatic rings. The van der Waals surface area contributed by atoms with E-state index >= 15 is 0 Å². The zero-order valence-electron chi connectivity index (χ0n) is 12.4. The number of nitrogens with one attached hydrogen (secondary N) is 2. The average molecular weight is 333 g/mol. The second-order valence-corrected chi connectivity index (χ2v) is 5.96. The van der Waals surface area contributed by atoms with Crippen LogP contribution < -0.4 is 20.5 Å². The number of aryl methyl sites for hydroxylation is 1. The molecule has 0 unspecified atom stereocenters. The number of thioether (sulfide) groups is 1. The van der Waals surface area contributed by atoms with E-state index in [1.807, 2.05) is 18.2 Å². The Labute approximate surface area is 136 Å². The molecular weight excluding hydrogens is 318 g/mol. The fourth-order valence-corrected chi connectivity index (χ4v) is 2.85. The number of carbonyl (C=O) groups is 1. The minimum Gasteiger partial charge on any atom is -0.454 e. The van der Waals surface area contributed by atoms with Crippen molar-refractivity contribution in [2.24, 2.45) is 0 Å². The lowest BCUT2D eigenvalue weighted by Crippen LogP contribution is -2.24. The molecule has 0 saturated heterocycles. The normalized spacial score (nSPS) is 12.2. The standard InChI is InChI=1S/C15H15N3O4S/c1-9-4-14(18-15(20)17-9)23-7-13(19)16-6-10-2-3-11-12(5-10)22-8-21-11/h2-5H,6-8H2,1H3,(H,16,19)(H,17,18,20). The summed E-state index contributed by atoms with van der Waals surface area (Å²) in [5, 5.41) is 3.35. The molecule has 0 atom stereocenters. The first-order chi connectivity index (χ1) is 11.1. The largest absolute Gasteiger partial charge is 0.454 e. The molecule has 2 N–H and O–H groups in total. The molecule has 0 saturated carbocycles. The summed E-state index contributed by atoms with van der Waals surface area (Å²) in [6, 6.07) is 7.28. The lowest BCUT2D eigenvalue weighted by atomic mass is 10.2. The van der Waals surface area contributed by atoms with Gasteiger partial charge in [0, 0.05) is 12.2 Å². The molecule has 0 radical (unpaired) electrons. The van der Waals surface area contributed by atoms with E-state index in [-0.39, 0.29) is 18.5 Å². The highest BCUT2D eigenvalue weighted by atomic mass is 32.2. The molecule has 1 amide bonds. The van der Waals surface area contributed by atoms with Crippen LogP contribution in [-0.4, -0.2) is 28.4 Å². The summed E-state index contributed by atoms with van der Waals surface area (Å²) >= 11 is 1.22. The summed E-state index contributed by atoms with van der Waals surface area (Å²) in [7, 11) is 0. The molecule has 7 nitrogen and oxygen atoms in total. The van der Waals surface area contributed by atoms with Gasteiger partial charge in [-0.1, -0.05) is 17.8 Å². The average Bonchev–Trinajstić information content (AvgIpc) is 2.97. The maximum atomic E-state index is 11.9. The summed E-state index contributed by atoms with van der Waals surface area (Å²) < 4.78 is 10.5. The summed E-state index contributed by atoms with van der Waals surface area (Å²) in [5.41, 5.74) is 1.24. The second-order valence-electron chi connectivity index (χ2n) is 4.96. The van der Waals surface area contributed by atoms with E-state index in [4.69, 9.17) is 9.47 Å². The molecule has 0 spiro atoms. The molecule has 1 aromatic carbocycles. The first kappa shape index (κ1) is 15.4. The van der Waals surface area contributed by atoms with Gasteiger partial charge in [0.15, 0.2) is 11.5 Å². The highest BCUT2D eigenvalue weighted by Crippen LogP contribution is 2.32. The molecule has 0 fully saturated rings. The third kappa shape index (κ3) is 4.04. The van der Waals surface area contributed by atoms with Crippen LogP contribution in [0.4, 0.5) is 0 Å². The number of benzene rings is 1. The van der Waals surface area contributed by atoms with Gasteiger partial charge in [0.05, 0.1) is 5.75 Å². The van der Waals surface area contributed by atoms with Gasteiger partial charge in [0.1, 0.15) is 5.03 Å². The zero-order valence-corrected chi connectivity index (χ0v) is 13.2. The van der Waals surface area contributed by atoms with Gasteiger partial charge in [-0.3, -0.25) is 4.79 Å². The third-order valence-electron chi connectivity index (χ3n) is 3.13. The predicted molar refractivity (Wildman–Crippen MR) is 84.7 cm³/mol. The fraction of sp³-hybridized carbons (Fsp3) is 0.267. The minimum absolute atomic E-state index is 0.132. The fourth-order valence-electron chi connectivity index (χ4n) is 2.07. The number of aromatic nitrogens is 2. The Hall–Kier alpha value is -2.48. The van der Waals surface area contributed by atoms with Crippen molar-refractivity contribution in [3.63, 3.8) is 0 Å². The van der Waals surface area contributed by atoms with Gasteiger partial charge in [-0.15, -0.1) is 0 Å². The van der Waals surface area contributed by atoms with Gasteiger partial charge in [-0.05, 0) is 30.7 Å². The Morgan fingerprint density at radius 3 is 3.00 bits per heavy atom. The van der Waals surface area contributed by atoms with Gasteiger partial charge in [0.2, 0.25) is 12.7 Å². The van der Waals surface area contributed by atoms with Crippen LogP contribution in [-0.2, 0) is 11.3 Å². The van der Waals surface area contributed by atoms with Crippen molar-refractivity contribution in [1.29, 1.82) is 0 Å². The van der Waals surface area contributed by atoms with Crippen LogP contribution in [0.25, 0.3) is 0 Å². The molecule has 0 aliphatic carbocycles. The second kappa shape index (κ2) is 6.74. The van der Waals surface area contributed by atoms with E-state index < -0.39 is 5.69 Å². The molecule has 0 bridgehead atoms. The van der Waals surface area contributed by atoms with Gasteiger partial charge in [-0.25, -0.2) is 4.79 Å². The molecule has 23 heavy (non-hydrogen) atoms. The highest BCUT2D eigenvalue weighted by molar-refractivity contribution is 7.99.